The van der Waals surface area contributed by atoms with Crippen molar-refractivity contribution in [2.75, 3.05) is 19.0 Å². The molecule has 1 aromatic carbocycles. The van der Waals surface area contributed by atoms with E-state index < -0.39 is 20.5 Å². The third-order valence-corrected chi connectivity index (χ3v) is 7.45. The molecule has 1 saturated carbocycles. The van der Waals surface area contributed by atoms with Crippen LogP contribution in [0.1, 0.15) is 37.8 Å². The van der Waals surface area contributed by atoms with E-state index in [0.717, 1.165) is 12.0 Å². The van der Waals surface area contributed by atoms with Crippen molar-refractivity contribution < 1.29 is 13.2 Å². The molecule has 2 rings (SSSR count). The lowest BCUT2D eigenvalue weighted by atomic mass is 9.98. The third kappa shape index (κ3) is 3.16. The molecule has 23 heavy (non-hydrogen) atoms. The molecule has 2 N–H and O–H groups in total. The van der Waals surface area contributed by atoms with Crippen LogP contribution in [0, 0.1) is 5.41 Å². The van der Waals surface area contributed by atoms with Gasteiger partial charge in [-0.15, -0.1) is 0 Å². The molecule has 0 aliphatic heterocycles. The van der Waals surface area contributed by atoms with E-state index in [4.69, 9.17) is 22.7 Å². The predicted octanol–water partition coefficient (Wildman–Crippen LogP) is 2.46. The van der Waals surface area contributed by atoms with Crippen LogP contribution in [-0.2, 0) is 21.0 Å². The Morgan fingerprint density at radius 2 is 1.87 bits per heavy atom. The van der Waals surface area contributed by atoms with E-state index in [0.29, 0.717) is 6.61 Å². The number of sulfone groups is 1. The van der Waals surface area contributed by atoms with Gasteiger partial charge >= 0.3 is 0 Å². The Hall–Kier alpha value is -0.980. The Morgan fingerprint density at radius 3 is 2.30 bits per heavy atom. The van der Waals surface area contributed by atoms with Crippen LogP contribution in [0.4, 0.5) is 0 Å². The average molecular weight is 356 g/mol. The first kappa shape index (κ1) is 18.4. The molecule has 0 saturated heterocycles. The molecule has 0 amide bonds. The SMILES string of the molecule is CCOC[C@]1(C(N)=S)[C@@H](c2ccc(CC)cc2)[C@@H]1S(=O)(=O)CC. The minimum absolute atomic E-state index is 0.0811. The Bertz CT molecular complexity index is 670. The standard InChI is InChI=1S/C17H25NO3S2/c1-4-12-7-9-13(10-8-12)14-15(23(19,20)6-3)17(14,16(18)22)11-21-5-2/h7-10,14-15H,4-6,11H2,1-3H3,(H2,18,22)/t14-,15-,17-/m0/s1. The van der Waals surface area contributed by atoms with E-state index >= 15 is 0 Å². The van der Waals surface area contributed by atoms with Crippen molar-refractivity contribution in [1.29, 1.82) is 0 Å². The first-order valence-corrected chi connectivity index (χ1v) is 10.2. The van der Waals surface area contributed by atoms with Crippen LogP contribution in [0.25, 0.3) is 0 Å². The molecular weight excluding hydrogens is 330 g/mol. The maximum Gasteiger partial charge on any atom is 0.154 e. The van der Waals surface area contributed by atoms with Crippen molar-refractivity contribution >= 4 is 27.0 Å². The van der Waals surface area contributed by atoms with Crippen molar-refractivity contribution in [2.24, 2.45) is 11.1 Å². The molecule has 0 unspecified atom stereocenters. The van der Waals surface area contributed by atoms with Crippen molar-refractivity contribution in [3.63, 3.8) is 0 Å². The van der Waals surface area contributed by atoms with Gasteiger partial charge in [0.1, 0.15) is 0 Å². The second kappa shape index (κ2) is 6.87. The molecule has 1 fully saturated rings. The predicted molar refractivity (Wildman–Crippen MR) is 97.5 cm³/mol. The van der Waals surface area contributed by atoms with E-state index in [2.05, 4.69) is 6.92 Å². The minimum atomic E-state index is -3.27. The molecule has 0 heterocycles. The van der Waals surface area contributed by atoms with Crippen LogP contribution in [0.3, 0.4) is 0 Å². The number of rotatable bonds is 8. The molecule has 0 aromatic heterocycles. The van der Waals surface area contributed by atoms with Crippen LogP contribution in [0.15, 0.2) is 24.3 Å². The fraction of sp³-hybridized carbons (Fsp3) is 0.588. The van der Waals surface area contributed by atoms with Crippen molar-refractivity contribution in [1.82, 2.24) is 0 Å². The summed E-state index contributed by atoms with van der Waals surface area (Å²) in [6.45, 7) is 6.39. The summed E-state index contributed by atoms with van der Waals surface area (Å²) in [7, 11) is -3.27. The molecule has 1 aliphatic rings. The highest BCUT2D eigenvalue weighted by atomic mass is 32.2. The van der Waals surface area contributed by atoms with Crippen molar-refractivity contribution in [2.45, 2.75) is 38.4 Å². The smallest absolute Gasteiger partial charge is 0.154 e. The first-order valence-electron chi connectivity index (χ1n) is 8.03. The van der Waals surface area contributed by atoms with Gasteiger partial charge in [-0.1, -0.05) is 50.3 Å². The third-order valence-electron chi connectivity index (χ3n) is 4.80. The molecular formula is C17H25NO3S2. The lowest BCUT2D eigenvalue weighted by Gasteiger charge is -2.16. The summed E-state index contributed by atoms with van der Waals surface area (Å²) < 4.78 is 30.7. The Balaban J connectivity index is 2.46. The number of thiocarbonyl (C=S) groups is 1. The van der Waals surface area contributed by atoms with Crippen LogP contribution in [0.2, 0.25) is 0 Å². The average Bonchev–Trinajstić information content (AvgIpc) is 3.24. The van der Waals surface area contributed by atoms with E-state index in [1.54, 1.807) is 6.92 Å². The molecule has 6 heteroatoms. The van der Waals surface area contributed by atoms with Crippen LogP contribution in [0.5, 0.6) is 0 Å². The number of benzene rings is 1. The zero-order chi connectivity index (χ0) is 17.3. The van der Waals surface area contributed by atoms with Gasteiger partial charge < -0.3 is 10.5 Å². The van der Waals surface area contributed by atoms with Gasteiger partial charge in [-0.2, -0.15) is 0 Å². The zero-order valence-corrected chi connectivity index (χ0v) is 15.5. The maximum atomic E-state index is 12.6. The summed E-state index contributed by atoms with van der Waals surface area (Å²) in [5, 5.41) is -0.587. The summed E-state index contributed by atoms with van der Waals surface area (Å²) in [5.74, 6) is -0.139. The highest BCUT2D eigenvalue weighted by Gasteiger charge is 2.72. The van der Waals surface area contributed by atoms with Gasteiger partial charge in [0, 0.05) is 18.3 Å². The Morgan fingerprint density at radius 1 is 1.26 bits per heavy atom. The van der Waals surface area contributed by atoms with Gasteiger partial charge in [0.05, 0.1) is 22.3 Å². The number of aryl methyl sites for hydroxylation is 1. The number of nitrogens with two attached hydrogens (primary N) is 1. The fourth-order valence-electron chi connectivity index (χ4n) is 3.35. The van der Waals surface area contributed by atoms with Gasteiger partial charge in [-0.3, -0.25) is 0 Å². The molecule has 4 nitrogen and oxygen atoms in total. The number of hydrogen-bond acceptors (Lipinski definition) is 4. The van der Waals surface area contributed by atoms with E-state index in [9.17, 15) is 8.42 Å². The molecule has 1 aliphatic carbocycles. The molecule has 0 radical (unpaired) electrons. The van der Waals surface area contributed by atoms with Gasteiger partial charge in [-0.25, -0.2) is 8.42 Å². The largest absolute Gasteiger partial charge is 0.393 e. The summed E-state index contributed by atoms with van der Waals surface area (Å²) in [5.41, 5.74) is 7.39. The summed E-state index contributed by atoms with van der Waals surface area (Å²) in [4.78, 5) is 0.234. The normalized spacial score (nSPS) is 26.9. The quantitative estimate of drug-likeness (QED) is 0.726. The molecule has 3 atom stereocenters. The van der Waals surface area contributed by atoms with Crippen molar-refractivity contribution in [3.8, 4) is 0 Å². The fourth-order valence-corrected chi connectivity index (χ4v) is 5.82. The number of hydrogen-bond donors (Lipinski definition) is 1. The van der Waals surface area contributed by atoms with Gasteiger partial charge in [-0.05, 0) is 24.5 Å². The lowest BCUT2D eigenvalue weighted by molar-refractivity contribution is 0.121. The molecule has 1 aromatic rings. The summed E-state index contributed by atoms with van der Waals surface area (Å²) >= 11 is 5.26. The monoisotopic (exact) mass is 355 g/mol. The molecule has 0 bridgehead atoms. The summed E-state index contributed by atoms with van der Waals surface area (Å²) in [6.07, 6.45) is 0.945. The number of ether oxygens (including phenoxy) is 1. The van der Waals surface area contributed by atoms with E-state index in [1.165, 1.54) is 5.56 Å². The van der Waals surface area contributed by atoms with Crippen LogP contribution < -0.4 is 5.73 Å². The topological polar surface area (TPSA) is 69.4 Å². The van der Waals surface area contributed by atoms with E-state index in [1.807, 2.05) is 31.2 Å². The van der Waals surface area contributed by atoms with E-state index in [-0.39, 0.29) is 23.3 Å². The highest BCUT2D eigenvalue weighted by molar-refractivity contribution is 7.92. The van der Waals surface area contributed by atoms with Gasteiger partial charge in [0.15, 0.2) is 9.84 Å². The molecule has 0 spiro atoms. The zero-order valence-electron chi connectivity index (χ0n) is 13.9. The van der Waals surface area contributed by atoms with Gasteiger partial charge in [0.25, 0.3) is 0 Å². The molecule has 128 valence electrons. The van der Waals surface area contributed by atoms with Crippen molar-refractivity contribution in [3.05, 3.63) is 35.4 Å². The second-order valence-corrected chi connectivity index (χ2v) is 8.84. The van der Waals surface area contributed by atoms with Gasteiger partial charge in [0.2, 0.25) is 0 Å². The second-order valence-electron chi connectivity index (χ2n) is 5.99. The first-order chi connectivity index (χ1) is 10.8. The van der Waals surface area contributed by atoms with Crippen LogP contribution in [-0.4, -0.2) is 37.6 Å². The maximum absolute atomic E-state index is 12.6. The summed E-state index contributed by atoms with van der Waals surface area (Å²) in [6, 6.07) is 8.06. The lowest BCUT2D eigenvalue weighted by Crippen LogP contribution is -2.34. The Kier molecular flexibility index (Phi) is 5.48. The Labute approximate surface area is 144 Å². The minimum Gasteiger partial charge on any atom is -0.393 e. The highest BCUT2D eigenvalue weighted by Crippen LogP contribution is 2.63. The van der Waals surface area contributed by atoms with Crippen LogP contribution >= 0.6 is 12.2 Å².